The minimum atomic E-state index is -0.314. The molecule has 0 spiro atoms. The van der Waals surface area contributed by atoms with Crippen molar-refractivity contribution in [1.29, 1.82) is 0 Å². The first-order valence-electron chi connectivity index (χ1n) is 5.40. The van der Waals surface area contributed by atoms with Crippen molar-refractivity contribution in [2.75, 3.05) is 0 Å². The third kappa shape index (κ3) is 4.14. The van der Waals surface area contributed by atoms with E-state index in [1.54, 1.807) is 18.2 Å². The van der Waals surface area contributed by atoms with E-state index in [1.165, 1.54) is 0 Å². The Bertz CT molecular complexity index is 419. The fourth-order valence-corrected chi connectivity index (χ4v) is 2.17. The highest BCUT2D eigenvalue weighted by Crippen LogP contribution is 2.25. The number of benzene rings is 1. The normalized spacial score (nSPS) is 10.6. The third-order valence-electron chi connectivity index (χ3n) is 2.24. The van der Waals surface area contributed by atoms with Crippen molar-refractivity contribution < 1.29 is 9.59 Å². The molecule has 0 saturated heterocycles. The van der Waals surface area contributed by atoms with E-state index in [0.717, 1.165) is 0 Å². The highest BCUT2D eigenvalue weighted by molar-refractivity contribution is 6.40. The average molecular weight is 273 g/mol. The Kier molecular flexibility index (Phi) is 5.16. The zero-order valence-electron chi connectivity index (χ0n) is 9.80. The Morgan fingerprint density at radius 1 is 1.18 bits per heavy atom. The number of Topliss-reactive ketones (excluding diaryl/α,β-unsaturated/α-hetero) is 2. The van der Waals surface area contributed by atoms with E-state index in [-0.39, 0.29) is 29.5 Å². The molecule has 0 aliphatic rings. The molecule has 0 N–H and O–H groups in total. The molecule has 0 atom stereocenters. The van der Waals surface area contributed by atoms with Crippen LogP contribution in [0.3, 0.4) is 0 Å². The number of rotatable bonds is 5. The summed E-state index contributed by atoms with van der Waals surface area (Å²) in [6.07, 6.45) is 0.259. The number of halogens is 2. The molecule has 0 aromatic heterocycles. The molecule has 0 fully saturated rings. The molecular formula is C13H14Cl2O2. The molecule has 92 valence electrons. The lowest BCUT2D eigenvalue weighted by atomic mass is 10.00. The van der Waals surface area contributed by atoms with Gasteiger partial charge < -0.3 is 0 Å². The first kappa shape index (κ1) is 14.2. The predicted octanol–water partition coefficient (Wildman–Crippen LogP) is 4.18. The maximum absolute atomic E-state index is 11.9. The van der Waals surface area contributed by atoms with Gasteiger partial charge in [0, 0.05) is 6.42 Å². The van der Waals surface area contributed by atoms with Gasteiger partial charge in [-0.1, -0.05) is 43.1 Å². The van der Waals surface area contributed by atoms with Crippen molar-refractivity contribution in [1.82, 2.24) is 0 Å². The number of hydrogen-bond acceptors (Lipinski definition) is 2. The van der Waals surface area contributed by atoms with Crippen LogP contribution in [0, 0.1) is 5.92 Å². The van der Waals surface area contributed by atoms with E-state index in [2.05, 4.69) is 0 Å². The van der Waals surface area contributed by atoms with Crippen LogP contribution in [0.25, 0.3) is 0 Å². The standard InChI is InChI=1S/C13H14Cl2O2/c1-8(2)6-9(16)7-12(17)13-10(14)4-3-5-11(13)15/h3-5,8H,6-7H2,1-2H3. The van der Waals surface area contributed by atoms with Crippen molar-refractivity contribution in [2.45, 2.75) is 26.7 Å². The van der Waals surface area contributed by atoms with E-state index < -0.39 is 0 Å². The van der Waals surface area contributed by atoms with Gasteiger partial charge in [-0.25, -0.2) is 0 Å². The monoisotopic (exact) mass is 272 g/mol. The third-order valence-corrected chi connectivity index (χ3v) is 2.87. The van der Waals surface area contributed by atoms with Crippen LogP contribution in [0.5, 0.6) is 0 Å². The molecule has 1 aromatic carbocycles. The Hall–Kier alpha value is -0.860. The quantitative estimate of drug-likeness (QED) is 0.595. The SMILES string of the molecule is CC(C)CC(=O)CC(=O)c1c(Cl)cccc1Cl. The van der Waals surface area contributed by atoms with Crippen LogP contribution in [-0.2, 0) is 4.79 Å². The van der Waals surface area contributed by atoms with Gasteiger partial charge in [0.05, 0.1) is 22.0 Å². The van der Waals surface area contributed by atoms with E-state index in [0.29, 0.717) is 16.5 Å². The number of hydrogen-bond donors (Lipinski definition) is 0. The van der Waals surface area contributed by atoms with Gasteiger partial charge in [-0.05, 0) is 18.1 Å². The van der Waals surface area contributed by atoms with Gasteiger partial charge >= 0.3 is 0 Å². The molecule has 0 bridgehead atoms. The summed E-state index contributed by atoms with van der Waals surface area (Å²) in [5.41, 5.74) is 0.243. The number of carbonyl (C=O) groups excluding carboxylic acids is 2. The van der Waals surface area contributed by atoms with E-state index in [4.69, 9.17) is 23.2 Å². The Morgan fingerprint density at radius 2 is 1.71 bits per heavy atom. The first-order valence-corrected chi connectivity index (χ1v) is 6.16. The Labute approximate surface area is 111 Å². The summed E-state index contributed by atoms with van der Waals surface area (Å²) in [7, 11) is 0. The smallest absolute Gasteiger partial charge is 0.173 e. The minimum absolute atomic E-state index is 0.0824. The molecule has 4 heteroatoms. The largest absolute Gasteiger partial charge is 0.299 e. The van der Waals surface area contributed by atoms with Crippen LogP contribution in [0.15, 0.2) is 18.2 Å². The van der Waals surface area contributed by atoms with Crippen LogP contribution in [0.4, 0.5) is 0 Å². The molecule has 1 aromatic rings. The Balaban J connectivity index is 2.80. The van der Waals surface area contributed by atoms with Crippen LogP contribution >= 0.6 is 23.2 Å². The molecular weight excluding hydrogens is 259 g/mol. The highest BCUT2D eigenvalue weighted by Gasteiger charge is 2.18. The summed E-state index contributed by atoms with van der Waals surface area (Å²) in [5.74, 6) is -0.149. The van der Waals surface area contributed by atoms with Crippen LogP contribution in [0.2, 0.25) is 10.0 Å². The summed E-state index contributed by atoms with van der Waals surface area (Å²) in [6.45, 7) is 3.87. The highest BCUT2D eigenvalue weighted by atomic mass is 35.5. The van der Waals surface area contributed by atoms with E-state index >= 15 is 0 Å². The second-order valence-electron chi connectivity index (χ2n) is 4.33. The van der Waals surface area contributed by atoms with Gasteiger partial charge in [0.2, 0.25) is 0 Å². The van der Waals surface area contributed by atoms with Gasteiger partial charge in [0.15, 0.2) is 5.78 Å². The Morgan fingerprint density at radius 3 is 2.18 bits per heavy atom. The summed E-state index contributed by atoms with van der Waals surface area (Å²) in [5, 5.41) is 0.583. The maximum Gasteiger partial charge on any atom is 0.173 e. The van der Waals surface area contributed by atoms with Crippen molar-refractivity contribution in [2.24, 2.45) is 5.92 Å². The molecule has 0 aliphatic heterocycles. The summed E-state index contributed by atoms with van der Waals surface area (Å²) in [4.78, 5) is 23.4. The first-order chi connectivity index (χ1) is 7.91. The molecule has 0 aliphatic carbocycles. The van der Waals surface area contributed by atoms with Crippen molar-refractivity contribution in [3.05, 3.63) is 33.8 Å². The van der Waals surface area contributed by atoms with Gasteiger partial charge in [-0.15, -0.1) is 0 Å². The lowest BCUT2D eigenvalue weighted by molar-refractivity contribution is -0.118. The molecule has 0 amide bonds. The maximum atomic E-state index is 11.9. The van der Waals surface area contributed by atoms with Gasteiger partial charge in [0.25, 0.3) is 0 Å². The molecule has 0 unspecified atom stereocenters. The van der Waals surface area contributed by atoms with E-state index in [9.17, 15) is 9.59 Å². The lowest BCUT2D eigenvalue weighted by Crippen LogP contribution is -2.11. The van der Waals surface area contributed by atoms with Crippen molar-refractivity contribution in [3.63, 3.8) is 0 Å². The lowest BCUT2D eigenvalue weighted by Gasteiger charge is -2.06. The average Bonchev–Trinajstić information content (AvgIpc) is 2.15. The van der Waals surface area contributed by atoms with Gasteiger partial charge in [-0.2, -0.15) is 0 Å². The fourth-order valence-electron chi connectivity index (χ4n) is 1.56. The molecule has 17 heavy (non-hydrogen) atoms. The fraction of sp³-hybridized carbons (Fsp3) is 0.385. The van der Waals surface area contributed by atoms with Crippen molar-refractivity contribution >= 4 is 34.8 Å². The summed E-state index contributed by atoms with van der Waals surface area (Å²) >= 11 is 11.8. The zero-order chi connectivity index (χ0) is 13.0. The van der Waals surface area contributed by atoms with Crippen LogP contribution in [0.1, 0.15) is 37.0 Å². The molecule has 1 rings (SSSR count). The molecule has 0 heterocycles. The van der Waals surface area contributed by atoms with E-state index in [1.807, 2.05) is 13.8 Å². The number of carbonyl (C=O) groups is 2. The predicted molar refractivity (Wildman–Crippen MR) is 69.9 cm³/mol. The molecule has 0 saturated carbocycles. The second kappa shape index (κ2) is 6.18. The molecule has 2 nitrogen and oxygen atoms in total. The topological polar surface area (TPSA) is 34.1 Å². The van der Waals surface area contributed by atoms with Gasteiger partial charge in [-0.3, -0.25) is 9.59 Å². The van der Waals surface area contributed by atoms with Crippen molar-refractivity contribution in [3.8, 4) is 0 Å². The van der Waals surface area contributed by atoms with Crippen LogP contribution in [-0.4, -0.2) is 11.6 Å². The summed E-state index contributed by atoms with van der Waals surface area (Å²) < 4.78 is 0. The second-order valence-corrected chi connectivity index (χ2v) is 5.15. The van der Waals surface area contributed by atoms with Gasteiger partial charge in [0.1, 0.15) is 5.78 Å². The molecule has 0 radical (unpaired) electrons. The zero-order valence-corrected chi connectivity index (χ0v) is 11.3. The minimum Gasteiger partial charge on any atom is -0.299 e. The van der Waals surface area contributed by atoms with Crippen LogP contribution < -0.4 is 0 Å². The number of ketones is 2. The summed E-state index contributed by atoms with van der Waals surface area (Å²) in [6, 6.07) is 4.85.